The molecular formula is C24H31F3N6O2S. The van der Waals surface area contributed by atoms with Gasteiger partial charge in [-0.1, -0.05) is 13.8 Å². The lowest BCUT2D eigenvalue weighted by atomic mass is 10.0. The van der Waals surface area contributed by atoms with Crippen LogP contribution in [-0.2, 0) is 10.9 Å². The van der Waals surface area contributed by atoms with E-state index in [9.17, 15) is 18.0 Å². The molecule has 0 aromatic heterocycles. The highest BCUT2D eigenvalue weighted by molar-refractivity contribution is 7.80. The Bertz CT molecular complexity index is 1060. The Kier molecular flexibility index (Phi) is 8.15. The van der Waals surface area contributed by atoms with E-state index in [1.807, 2.05) is 18.7 Å². The summed E-state index contributed by atoms with van der Waals surface area (Å²) in [5, 5.41) is 18.0. The van der Waals surface area contributed by atoms with Gasteiger partial charge >= 0.3 is 12.3 Å². The molecule has 0 bridgehead atoms. The molecule has 2 heterocycles. The maximum Gasteiger partial charge on any atom is 0.417 e. The van der Waals surface area contributed by atoms with Gasteiger partial charge in [-0.25, -0.2) is 4.79 Å². The molecule has 2 saturated heterocycles. The molecule has 8 nitrogen and oxygen atoms in total. The number of piperazine rings is 1. The van der Waals surface area contributed by atoms with Crippen molar-refractivity contribution in [3.8, 4) is 6.07 Å². The van der Waals surface area contributed by atoms with Crippen molar-refractivity contribution in [1.82, 2.24) is 14.7 Å². The molecule has 0 spiro atoms. The predicted molar refractivity (Wildman–Crippen MR) is 134 cm³/mol. The van der Waals surface area contributed by atoms with Gasteiger partial charge in [-0.15, -0.1) is 0 Å². The Morgan fingerprint density at radius 1 is 1.22 bits per heavy atom. The number of anilines is 1. The van der Waals surface area contributed by atoms with Crippen LogP contribution in [0, 0.1) is 22.7 Å². The molecule has 0 aliphatic carbocycles. The number of benzene rings is 1. The molecule has 2 aliphatic heterocycles. The molecule has 3 rings (SSSR count). The first-order valence-electron chi connectivity index (χ1n) is 11.7. The molecule has 36 heavy (non-hydrogen) atoms. The van der Waals surface area contributed by atoms with Crippen LogP contribution in [0.2, 0.25) is 0 Å². The first-order valence-corrected chi connectivity index (χ1v) is 12.1. The van der Waals surface area contributed by atoms with Crippen molar-refractivity contribution in [1.29, 1.82) is 10.7 Å². The molecule has 12 heteroatoms. The van der Waals surface area contributed by atoms with Crippen molar-refractivity contribution < 1.29 is 22.7 Å². The zero-order valence-electron chi connectivity index (χ0n) is 20.9. The van der Waals surface area contributed by atoms with Crippen LogP contribution in [0.5, 0.6) is 0 Å². The smallest absolute Gasteiger partial charge is 0.417 e. The predicted octanol–water partition coefficient (Wildman–Crippen LogP) is 4.15. The quantitative estimate of drug-likeness (QED) is 0.560. The van der Waals surface area contributed by atoms with Gasteiger partial charge in [0.25, 0.3) is 0 Å². The normalized spacial score (nSPS) is 18.7. The molecule has 2 fully saturated rings. The molecular weight excluding hydrogens is 493 g/mol. The van der Waals surface area contributed by atoms with Gasteiger partial charge < -0.3 is 14.5 Å². The van der Waals surface area contributed by atoms with E-state index < -0.39 is 22.8 Å². The number of hydrogen-bond donors (Lipinski definition) is 1. The van der Waals surface area contributed by atoms with E-state index in [1.165, 1.54) is 11.0 Å². The van der Waals surface area contributed by atoms with Crippen molar-refractivity contribution in [2.45, 2.75) is 39.4 Å². The average molecular weight is 525 g/mol. The summed E-state index contributed by atoms with van der Waals surface area (Å²) >= 11 is 5.61. The van der Waals surface area contributed by atoms with Crippen LogP contribution in [0.3, 0.4) is 0 Å². The van der Waals surface area contributed by atoms with Crippen LogP contribution in [0.1, 0.15) is 38.8 Å². The monoisotopic (exact) mass is 524 g/mol. The van der Waals surface area contributed by atoms with Gasteiger partial charge in [0.1, 0.15) is 5.84 Å². The van der Waals surface area contributed by atoms with Crippen LogP contribution in [0.4, 0.5) is 23.7 Å². The summed E-state index contributed by atoms with van der Waals surface area (Å²) in [6.45, 7) is 11.4. The van der Waals surface area contributed by atoms with Crippen LogP contribution >= 0.6 is 12.2 Å². The third-order valence-electron chi connectivity index (χ3n) is 6.40. The second kappa shape index (κ2) is 10.6. The second-order valence-corrected chi connectivity index (χ2v) is 10.2. The van der Waals surface area contributed by atoms with Gasteiger partial charge in [-0.2, -0.15) is 18.4 Å². The Hall–Kier alpha value is -2.91. The number of nitrogens with zero attached hydrogens (tertiary/aromatic N) is 5. The van der Waals surface area contributed by atoms with E-state index in [-0.39, 0.29) is 28.6 Å². The van der Waals surface area contributed by atoms with Gasteiger partial charge in [0.2, 0.25) is 0 Å². The highest BCUT2D eigenvalue weighted by Gasteiger charge is 2.47. The summed E-state index contributed by atoms with van der Waals surface area (Å²) < 4.78 is 45.8. The number of ether oxygens (including phenoxy) is 1. The molecule has 0 radical (unpaired) electrons. The third-order valence-corrected chi connectivity index (χ3v) is 6.80. The topological polar surface area (TPSA) is 86.9 Å². The summed E-state index contributed by atoms with van der Waals surface area (Å²) in [4.78, 5) is 19.2. The maximum atomic E-state index is 13.5. The fourth-order valence-electron chi connectivity index (χ4n) is 4.20. The summed E-state index contributed by atoms with van der Waals surface area (Å²) in [5.74, 6) is 0.327. The number of halogens is 3. The van der Waals surface area contributed by atoms with Crippen LogP contribution < -0.4 is 4.90 Å². The first-order chi connectivity index (χ1) is 16.8. The first kappa shape index (κ1) is 27.7. The number of hydrogen-bond acceptors (Lipinski definition) is 6. The minimum absolute atomic E-state index is 0.0584. The van der Waals surface area contributed by atoms with E-state index in [0.717, 1.165) is 12.1 Å². The lowest BCUT2D eigenvalue weighted by Gasteiger charge is -2.37. The highest BCUT2D eigenvalue weighted by Crippen LogP contribution is 2.37. The molecule has 0 unspecified atom stereocenters. The zero-order valence-corrected chi connectivity index (χ0v) is 21.7. The molecule has 196 valence electrons. The third kappa shape index (κ3) is 5.73. The molecule has 1 aromatic carbocycles. The van der Waals surface area contributed by atoms with E-state index in [2.05, 4.69) is 4.90 Å². The Morgan fingerprint density at radius 2 is 1.86 bits per heavy atom. The van der Waals surface area contributed by atoms with Gasteiger partial charge in [0.15, 0.2) is 5.11 Å². The number of thiocarbonyl (C=S) groups is 1. The molecule has 2 aliphatic rings. The minimum atomic E-state index is -4.71. The maximum absolute atomic E-state index is 13.5. The number of nitrogens with one attached hydrogen (secondary N) is 1. The number of amides is 1. The number of rotatable bonds is 6. The van der Waals surface area contributed by atoms with Crippen LogP contribution in [0.15, 0.2) is 18.2 Å². The van der Waals surface area contributed by atoms with Crippen molar-refractivity contribution in [2.75, 3.05) is 50.8 Å². The summed E-state index contributed by atoms with van der Waals surface area (Å²) in [6, 6.07) is 4.93. The summed E-state index contributed by atoms with van der Waals surface area (Å²) in [6.07, 6.45) is -5.02. The standard InChI is InChI=1S/C24H31F3N6O2S/c1-16(2)15-35-22(34)31-10-7-30(8-11-31)9-12-32-21(36)33(20(29)23(32,3)4)18-6-5-17(14-28)19(13-18)24(25,26)27/h5-6,13,16,29H,7-12,15H2,1-4H3. The molecule has 1 aromatic rings. The number of alkyl halides is 3. The Balaban J connectivity index is 1.67. The Morgan fingerprint density at radius 3 is 2.42 bits per heavy atom. The lowest BCUT2D eigenvalue weighted by molar-refractivity contribution is -0.137. The van der Waals surface area contributed by atoms with Crippen molar-refractivity contribution in [2.24, 2.45) is 5.92 Å². The van der Waals surface area contributed by atoms with E-state index in [1.54, 1.807) is 24.8 Å². The van der Waals surface area contributed by atoms with Crippen LogP contribution in [-0.4, -0.2) is 83.2 Å². The van der Waals surface area contributed by atoms with Gasteiger partial charge in [0.05, 0.1) is 35.0 Å². The lowest BCUT2D eigenvalue weighted by Crippen LogP contribution is -2.52. The molecule has 1 N–H and O–H groups in total. The largest absolute Gasteiger partial charge is 0.449 e. The van der Waals surface area contributed by atoms with Crippen molar-refractivity contribution in [3.05, 3.63) is 29.3 Å². The molecule has 0 atom stereocenters. The number of carbonyl (C=O) groups excluding carboxylic acids is 1. The molecule has 0 saturated carbocycles. The van der Waals surface area contributed by atoms with E-state index >= 15 is 0 Å². The Labute approximate surface area is 214 Å². The second-order valence-electron chi connectivity index (χ2n) is 9.82. The van der Waals surface area contributed by atoms with Gasteiger partial charge in [-0.05, 0) is 50.2 Å². The fraction of sp³-hybridized carbons (Fsp3) is 0.583. The number of carbonyl (C=O) groups is 1. The minimum Gasteiger partial charge on any atom is -0.449 e. The summed E-state index contributed by atoms with van der Waals surface area (Å²) in [5.41, 5.74) is -2.28. The summed E-state index contributed by atoms with van der Waals surface area (Å²) in [7, 11) is 0. The van der Waals surface area contributed by atoms with Crippen LogP contribution in [0.25, 0.3) is 0 Å². The van der Waals surface area contributed by atoms with E-state index in [0.29, 0.717) is 45.9 Å². The van der Waals surface area contributed by atoms with Crippen molar-refractivity contribution in [3.63, 3.8) is 0 Å². The number of amidine groups is 1. The fourth-order valence-corrected chi connectivity index (χ4v) is 4.72. The number of nitriles is 1. The molecule has 1 amide bonds. The average Bonchev–Trinajstić information content (AvgIpc) is 2.98. The SMILES string of the molecule is CC(C)COC(=O)N1CCN(CCN2C(=S)N(c3ccc(C#N)c(C(F)(F)F)c3)C(=N)C2(C)C)CC1. The van der Waals surface area contributed by atoms with Gasteiger partial charge in [0, 0.05) is 39.3 Å². The highest BCUT2D eigenvalue weighted by atomic mass is 32.1. The van der Waals surface area contributed by atoms with E-state index in [4.69, 9.17) is 27.6 Å². The van der Waals surface area contributed by atoms with Gasteiger partial charge in [-0.3, -0.25) is 15.2 Å². The van der Waals surface area contributed by atoms with Crippen molar-refractivity contribution >= 4 is 34.9 Å². The zero-order chi connectivity index (χ0) is 26.8.